The molecule has 0 N–H and O–H groups in total. The first-order chi connectivity index (χ1) is 17.2. The Morgan fingerprint density at radius 2 is 1.56 bits per heavy atom. The van der Waals surface area contributed by atoms with E-state index in [1.807, 2.05) is 12.1 Å². The van der Waals surface area contributed by atoms with Crippen LogP contribution in [0.15, 0.2) is 72.8 Å². The van der Waals surface area contributed by atoms with Gasteiger partial charge in [0.1, 0.15) is 4.99 Å². The zero-order valence-corrected chi connectivity index (χ0v) is 23.4. The van der Waals surface area contributed by atoms with Gasteiger partial charge in [-0.2, -0.15) is 0 Å². The van der Waals surface area contributed by atoms with Crippen LogP contribution in [0.3, 0.4) is 0 Å². The lowest BCUT2D eigenvalue weighted by molar-refractivity contribution is 0.177. The van der Waals surface area contributed by atoms with Gasteiger partial charge in [-0.25, -0.2) is 0 Å². The molecule has 0 bridgehead atoms. The maximum absolute atomic E-state index is 6.25. The Balaban J connectivity index is 1.39. The third-order valence-electron chi connectivity index (χ3n) is 8.28. The van der Waals surface area contributed by atoms with Crippen LogP contribution in [0.4, 0.5) is 5.69 Å². The third-order valence-corrected chi connectivity index (χ3v) is 9.03. The summed E-state index contributed by atoms with van der Waals surface area (Å²) >= 11 is 12.3. The summed E-state index contributed by atoms with van der Waals surface area (Å²) in [5.74, 6) is 0. The van der Waals surface area contributed by atoms with Gasteiger partial charge in [0.25, 0.3) is 0 Å². The SMILES string of the molecule is CN1c2ccc(C(=S)N3CCN(Cc4ccccc4)CC3)cc2C(C)(c2ccc(Cl)cc2)CC1(C)C. The molecule has 1 fully saturated rings. The number of rotatable bonds is 4. The molecule has 2 aliphatic rings. The number of halogens is 1. The van der Waals surface area contributed by atoms with E-state index in [9.17, 15) is 0 Å². The van der Waals surface area contributed by atoms with Gasteiger partial charge in [-0.3, -0.25) is 4.90 Å². The van der Waals surface area contributed by atoms with Crippen LogP contribution in [0, 0.1) is 0 Å². The summed E-state index contributed by atoms with van der Waals surface area (Å²) in [5.41, 5.74) is 6.34. The van der Waals surface area contributed by atoms with Crippen LogP contribution in [-0.4, -0.2) is 53.6 Å². The van der Waals surface area contributed by atoms with Gasteiger partial charge in [0.2, 0.25) is 0 Å². The zero-order chi connectivity index (χ0) is 25.5. The van der Waals surface area contributed by atoms with Gasteiger partial charge in [-0.1, -0.05) is 73.2 Å². The van der Waals surface area contributed by atoms with E-state index in [1.165, 1.54) is 22.4 Å². The predicted octanol–water partition coefficient (Wildman–Crippen LogP) is 6.76. The summed E-state index contributed by atoms with van der Waals surface area (Å²) in [6, 6.07) is 26.0. The first kappa shape index (κ1) is 25.3. The minimum Gasteiger partial charge on any atom is -0.369 e. The van der Waals surface area contributed by atoms with E-state index in [2.05, 4.69) is 103 Å². The minimum atomic E-state index is -0.129. The molecule has 1 atom stereocenters. The molecule has 1 saturated heterocycles. The molecule has 5 heteroatoms. The van der Waals surface area contributed by atoms with Crippen molar-refractivity contribution in [1.29, 1.82) is 0 Å². The fourth-order valence-corrected chi connectivity index (χ4v) is 6.45. The first-order valence-electron chi connectivity index (χ1n) is 12.9. The van der Waals surface area contributed by atoms with Crippen molar-refractivity contribution in [2.45, 2.75) is 44.7 Å². The quantitative estimate of drug-likeness (QED) is 0.353. The Morgan fingerprint density at radius 1 is 0.889 bits per heavy atom. The van der Waals surface area contributed by atoms with E-state index in [1.54, 1.807) is 0 Å². The summed E-state index contributed by atoms with van der Waals surface area (Å²) in [5, 5.41) is 0.774. The van der Waals surface area contributed by atoms with E-state index >= 15 is 0 Å². The third kappa shape index (κ3) is 4.79. The molecule has 3 aromatic carbocycles. The highest BCUT2D eigenvalue weighted by molar-refractivity contribution is 7.80. The standard InChI is InChI=1S/C31H36ClN3S/c1-30(2)22-31(3,25-11-13-26(32)14-12-25)27-20-24(10-15-28(27)33(30)4)29(36)35-18-16-34(17-19-35)21-23-8-6-5-7-9-23/h5-15,20H,16-19,21-22H2,1-4H3. The number of hydrogen-bond donors (Lipinski definition) is 0. The van der Waals surface area contributed by atoms with Crippen LogP contribution in [0.25, 0.3) is 0 Å². The van der Waals surface area contributed by atoms with Crippen LogP contribution in [-0.2, 0) is 12.0 Å². The largest absolute Gasteiger partial charge is 0.369 e. The Labute approximate surface area is 226 Å². The van der Waals surface area contributed by atoms with Crippen LogP contribution in [0.5, 0.6) is 0 Å². The molecule has 3 aromatic rings. The average Bonchev–Trinajstić information content (AvgIpc) is 2.88. The highest BCUT2D eigenvalue weighted by Gasteiger charge is 2.44. The number of piperazine rings is 1. The zero-order valence-electron chi connectivity index (χ0n) is 21.8. The van der Waals surface area contributed by atoms with E-state index < -0.39 is 0 Å². The number of fused-ring (bicyclic) bond motifs is 1. The van der Waals surface area contributed by atoms with Crippen molar-refractivity contribution in [2.24, 2.45) is 0 Å². The second-order valence-electron chi connectivity index (χ2n) is 11.2. The lowest BCUT2D eigenvalue weighted by atomic mass is 9.65. The van der Waals surface area contributed by atoms with Gasteiger partial charge in [0.15, 0.2) is 0 Å². The second kappa shape index (κ2) is 9.81. The normalized spacial score (nSPS) is 21.8. The number of nitrogens with zero attached hydrogens (tertiary/aromatic N) is 3. The van der Waals surface area contributed by atoms with Crippen LogP contribution in [0.2, 0.25) is 5.02 Å². The Morgan fingerprint density at radius 3 is 2.22 bits per heavy atom. The molecular formula is C31H36ClN3S. The molecule has 2 aliphatic heterocycles. The van der Waals surface area contributed by atoms with Crippen LogP contribution in [0.1, 0.15) is 49.4 Å². The van der Waals surface area contributed by atoms with Gasteiger partial charge < -0.3 is 9.80 Å². The summed E-state index contributed by atoms with van der Waals surface area (Å²) in [6.07, 6.45) is 1.01. The van der Waals surface area contributed by atoms with E-state index in [-0.39, 0.29) is 11.0 Å². The molecule has 5 rings (SSSR count). The van der Waals surface area contributed by atoms with Gasteiger partial charge in [0.05, 0.1) is 0 Å². The second-order valence-corrected chi connectivity index (χ2v) is 12.0. The molecule has 3 nitrogen and oxygen atoms in total. The molecule has 0 saturated carbocycles. The van der Waals surface area contributed by atoms with Gasteiger partial charge in [-0.05, 0) is 67.3 Å². The van der Waals surface area contributed by atoms with Crippen molar-refractivity contribution in [3.05, 3.63) is 100 Å². The van der Waals surface area contributed by atoms with Crippen molar-refractivity contribution < 1.29 is 0 Å². The highest BCUT2D eigenvalue weighted by atomic mass is 35.5. The molecule has 2 heterocycles. The molecule has 0 radical (unpaired) electrons. The van der Waals surface area contributed by atoms with Crippen LogP contribution >= 0.6 is 23.8 Å². The first-order valence-corrected chi connectivity index (χ1v) is 13.7. The van der Waals surface area contributed by atoms with Gasteiger partial charge >= 0.3 is 0 Å². The maximum Gasteiger partial charge on any atom is 0.109 e. The van der Waals surface area contributed by atoms with Crippen LogP contribution < -0.4 is 4.90 Å². The minimum absolute atomic E-state index is 0.0263. The number of thiocarbonyl (C=S) groups is 1. The molecule has 36 heavy (non-hydrogen) atoms. The summed E-state index contributed by atoms with van der Waals surface area (Å²) < 4.78 is 0. The van der Waals surface area contributed by atoms with Gasteiger partial charge in [-0.15, -0.1) is 0 Å². The van der Waals surface area contributed by atoms with Crippen molar-refractivity contribution in [2.75, 3.05) is 38.1 Å². The van der Waals surface area contributed by atoms with E-state index in [0.29, 0.717) is 0 Å². The lowest BCUT2D eigenvalue weighted by Gasteiger charge is -2.51. The summed E-state index contributed by atoms with van der Waals surface area (Å²) in [4.78, 5) is 8.29. The number of benzene rings is 3. The lowest BCUT2D eigenvalue weighted by Crippen LogP contribution is -2.51. The number of anilines is 1. The smallest absolute Gasteiger partial charge is 0.109 e. The van der Waals surface area contributed by atoms with Gasteiger partial charge in [0, 0.05) is 67.0 Å². The van der Waals surface area contributed by atoms with Crippen molar-refractivity contribution in [1.82, 2.24) is 9.80 Å². The fourth-order valence-electron chi connectivity index (χ4n) is 6.02. The molecule has 1 unspecified atom stereocenters. The highest BCUT2D eigenvalue weighted by Crippen LogP contribution is 2.50. The fraction of sp³-hybridized carbons (Fsp3) is 0.387. The van der Waals surface area contributed by atoms with Crippen molar-refractivity contribution in [3.8, 4) is 0 Å². The molecule has 0 spiro atoms. The van der Waals surface area contributed by atoms with Crippen molar-refractivity contribution in [3.63, 3.8) is 0 Å². The summed E-state index contributed by atoms with van der Waals surface area (Å²) in [6.45, 7) is 12.0. The average molecular weight is 518 g/mol. The monoisotopic (exact) mass is 517 g/mol. The topological polar surface area (TPSA) is 9.72 Å². The maximum atomic E-state index is 6.25. The molecular weight excluding hydrogens is 482 g/mol. The Hall–Kier alpha value is -2.40. The van der Waals surface area contributed by atoms with Crippen molar-refractivity contribution >= 4 is 34.5 Å². The summed E-state index contributed by atoms with van der Waals surface area (Å²) in [7, 11) is 2.21. The Kier molecular flexibility index (Phi) is 6.88. The van der Waals surface area contributed by atoms with E-state index in [0.717, 1.165) is 54.7 Å². The molecule has 0 aliphatic carbocycles. The van der Waals surface area contributed by atoms with E-state index in [4.69, 9.17) is 23.8 Å². The Bertz CT molecular complexity index is 1230. The molecule has 188 valence electrons. The molecule has 0 aromatic heterocycles. The molecule has 0 amide bonds. The number of hydrogen-bond acceptors (Lipinski definition) is 3. The predicted molar refractivity (Wildman–Crippen MR) is 156 cm³/mol.